The summed E-state index contributed by atoms with van der Waals surface area (Å²) in [6, 6.07) is 14.5. The minimum Gasteiger partial charge on any atom is -0.493 e. The van der Waals surface area contributed by atoms with E-state index in [1.54, 1.807) is 14.2 Å². The maximum absolute atomic E-state index is 12.3. The number of halogens is 1. The van der Waals surface area contributed by atoms with Crippen molar-refractivity contribution in [3.63, 3.8) is 0 Å². The second-order valence-electron chi connectivity index (χ2n) is 5.64. The number of nitrogens with one attached hydrogen (secondary N) is 1. The van der Waals surface area contributed by atoms with Crippen LogP contribution in [0.1, 0.15) is 24.1 Å². The van der Waals surface area contributed by atoms with Gasteiger partial charge in [0.15, 0.2) is 11.5 Å². The van der Waals surface area contributed by atoms with Crippen molar-refractivity contribution in [2.75, 3.05) is 14.2 Å². The molecule has 25 heavy (non-hydrogen) atoms. The van der Waals surface area contributed by atoms with E-state index in [4.69, 9.17) is 15.2 Å². The minimum atomic E-state index is -0.588. The van der Waals surface area contributed by atoms with Gasteiger partial charge in [-0.05, 0) is 36.6 Å². The molecule has 0 aromatic heterocycles. The molecule has 0 fully saturated rings. The zero-order valence-corrected chi connectivity index (χ0v) is 15.5. The molecule has 0 radical (unpaired) electrons. The summed E-state index contributed by atoms with van der Waals surface area (Å²) in [5, 5.41) is 2.94. The van der Waals surface area contributed by atoms with E-state index in [1.165, 1.54) is 0 Å². The molecule has 6 heteroatoms. The van der Waals surface area contributed by atoms with Crippen LogP contribution in [0.15, 0.2) is 48.5 Å². The third-order valence-electron chi connectivity index (χ3n) is 3.90. The molecule has 0 bridgehead atoms. The molecule has 0 heterocycles. The Kier molecular flexibility index (Phi) is 8.25. The van der Waals surface area contributed by atoms with Crippen molar-refractivity contribution in [3.8, 4) is 11.5 Å². The minimum absolute atomic E-state index is 0. The van der Waals surface area contributed by atoms with Crippen LogP contribution in [0.25, 0.3) is 0 Å². The van der Waals surface area contributed by atoms with Gasteiger partial charge in [-0.1, -0.05) is 36.4 Å². The van der Waals surface area contributed by atoms with Crippen LogP contribution in [-0.2, 0) is 11.2 Å². The van der Waals surface area contributed by atoms with E-state index in [1.807, 2.05) is 55.5 Å². The van der Waals surface area contributed by atoms with Gasteiger partial charge in [-0.3, -0.25) is 4.79 Å². The highest BCUT2D eigenvalue weighted by Gasteiger charge is 2.18. The fraction of sp³-hybridized carbons (Fsp3) is 0.316. The molecule has 1 amide bonds. The van der Waals surface area contributed by atoms with E-state index in [9.17, 15) is 4.79 Å². The highest BCUT2D eigenvalue weighted by atomic mass is 35.5. The number of nitrogens with two attached hydrogens (primary N) is 1. The molecule has 3 N–H and O–H groups in total. The number of rotatable bonds is 7. The number of hydrogen-bond acceptors (Lipinski definition) is 4. The van der Waals surface area contributed by atoms with Crippen LogP contribution in [0.4, 0.5) is 0 Å². The summed E-state index contributed by atoms with van der Waals surface area (Å²) < 4.78 is 10.5. The van der Waals surface area contributed by atoms with E-state index in [-0.39, 0.29) is 24.4 Å². The number of methoxy groups -OCH3 is 2. The van der Waals surface area contributed by atoms with Crippen LogP contribution in [0, 0.1) is 0 Å². The Morgan fingerprint density at radius 2 is 1.72 bits per heavy atom. The largest absolute Gasteiger partial charge is 0.493 e. The van der Waals surface area contributed by atoms with Crippen molar-refractivity contribution in [2.24, 2.45) is 5.73 Å². The highest BCUT2D eigenvalue weighted by Crippen LogP contribution is 2.29. The van der Waals surface area contributed by atoms with Gasteiger partial charge in [-0.15, -0.1) is 12.4 Å². The van der Waals surface area contributed by atoms with Gasteiger partial charge in [0.2, 0.25) is 5.91 Å². The van der Waals surface area contributed by atoms with Crippen LogP contribution in [-0.4, -0.2) is 26.2 Å². The van der Waals surface area contributed by atoms with Crippen LogP contribution in [0.5, 0.6) is 11.5 Å². The first-order valence-electron chi connectivity index (χ1n) is 7.87. The number of carbonyl (C=O) groups excluding carboxylic acids is 1. The van der Waals surface area contributed by atoms with E-state index in [2.05, 4.69) is 5.32 Å². The van der Waals surface area contributed by atoms with Crippen LogP contribution in [0.2, 0.25) is 0 Å². The van der Waals surface area contributed by atoms with Crippen LogP contribution in [0.3, 0.4) is 0 Å². The Morgan fingerprint density at radius 3 is 2.32 bits per heavy atom. The van der Waals surface area contributed by atoms with E-state index < -0.39 is 6.04 Å². The summed E-state index contributed by atoms with van der Waals surface area (Å²) >= 11 is 0. The first-order valence-corrected chi connectivity index (χ1v) is 7.87. The molecule has 0 spiro atoms. The Balaban J connectivity index is 0.00000312. The third kappa shape index (κ3) is 5.66. The maximum Gasteiger partial charge on any atom is 0.237 e. The quantitative estimate of drug-likeness (QED) is 0.792. The van der Waals surface area contributed by atoms with E-state index in [0.29, 0.717) is 17.9 Å². The molecular formula is C19H25ClN2O3. The number of ether oxygens (including phenoxy) is 2. The topological polar surface area (TPSA) is 73.6 Å². The van der Waals surface area contributed by atoms with Crippen molar-refractivity contribution < 1.29 is 14.3 Å². The SMILES string of the molecule is COc1ccc(C(C)NC(=O)C(N)Cc2ccccc2)cc1OC.Cl. The molecular weight excluding hydrogens is 340 g/mol. The van der Waals surface area contributed by atoms with Gasteiger partial charge in [0.05, 0.1) is 26.3 Å². The average molecular weight is 365 g/mol. The zero-order valence-electron chi connectivity index (χ0n) is 14.7. The zero-order chi connectivity index (χ0) is 17.5. The van der Waals surface area contributed by atoms with Gasteiger partial charge in [-0.25, -0.2) is 0 Å². The van der Waals surface area contributed by atoms with Gasteiger partial charge in [0.25, 0.3) is 0 Å². The van der Waals surface area contributed by atoms with Crippen molar-refractivity contribution in [3.05, 3.63) is 59.7 Å². The molecule has 2 rings (SSSR count). The summed E-state index contributed by atoms with van der Waals surface area (Å²) in [6.07, 6.45) is 0.505. The predicted molar refractivity (Wildman–Crippen MR) is 101 cm³/mol. The van der Waals surface area contributed by atoms with Crippen molar-refractivity contribution in [2.45, 2.75) is 25.4 Å². The Labute approximate surface area is 154 Å². The molecule has 2 unspecified atom stereocenters. The fourth-order valence-electron chi connectivity index (χ4n) is 2.49. The molecule has 136 valence electrons. The molecule has 0 aliphatic rings. The van der Waals surface area contributed by atoms with Gasteiger partial charge in [0, 0.05) is 0 Å². The van der Waals surface area contributed by atoms with Crippen LogP contribution < -0.4 is 20.5 Å². The van der Waals surface area contributed by atoms with Gasteiger partial charge >= 0.3 is 0 Å². The smallest absolute Gasteiger partial charge is 0.237 e. The Morgan fingerprint density at radius 1 is 1.08 bits per heavy atom. The third-order valence-corrected chi connectivity index (χ3v) is 3.90. The average Bonchev–Trinajstić information content (AvgIpc) is 2.61. The predicted octanol–water partition coefficient (Wildman–Crippen LogP) is 2.87. The van der Waals surface area contributed by atoms with E-state index >= 15 is 0 Å². The number of amides is 1. The normalized spacial score (nSPS) is 12.5. The summed E-state index contributed by atoms with van der Waals surface area (Å²) in [5.41, 5.74) is 7.99. The first kappa shape index (κ1) is 20.8. The molecule has 2 aromatic rings. The maximum atomic E-state index is 12.3. The lowest BCUT2D eigenvalue weighted by atomic mass is 10.0. The Bertz CT molecular complexity index is 680. The Hall–Kier alpha value is -2.24. The van der Waals surface area contributed by atoms with Crippen molar-refractivity contribution in [1.82, 2.24) is 5.32 Å². The van der Waals surface area contributed by atoms with Crippen molar-refractivity contribution >= 4 is 18.3 Å². The molecule has 0 aliphatic carbocycles. The first-order chi connectivity index (χ1) is 11.5. The van der Waals surface area contributed by atoms with Crippen LogP contribution >= 0.6 is 12.4 Å². The molecule has 0 aliphatic heterocycles. The van der Waals surface area contributed by atoms with Crippen molar-refractivity contribution in [1.29, 1.82) is 0 Å². The number of benzene rings is 2. The molecule has 0 saturated heterocycles. The second-order valence-corrected chi connectivity index (χ2v) is 5.64. The highest BCUT2D eigenvalue weighted by molar-refractivity contribution is 5.85. The standard InChI is InChI=1S/C19H24N2O3.ClH/c1-13(15-9-10-17(23-2)18(12-15)24-3)21-19(22)16(20)11-14-7-5-4-6-8-14;/h4-10,12-13,16H,11,20H2,1-3H3,(H,21,22);1H. The lowest BCUT2D eigenvalue weighted by molar-refractivity contribution is -0.123. The molecule has 5 nitrogen and oxygen atoms in total. The van der Waals surface area contributed by atoms with Gasteiger partial charge in [-0.2, -0.15) is 0 Å². The van der Waals surface area contributed by atoms with E-state index in [0.717, 1.165) is 11.1 Å². The summed E-state index contributed by atoms with van der Waals surface area (Å²) in [7, 11) is 3.17. The summed E-state index contributed by atoms with van der Waals surface area (Å²) in [6.45, 7) is 1.91. The fourth-order valence-corrected chi connectivity index (χ4v) is 2.49. The summed E-state index contributed by atoms with van der Waals surface area (Å²) in [4.78, 5) is 12.3. The molecule has 0 saturated carbocycles. The molecule has 2 aromatic carbocycles. The monoisotopic (exact) mass is 364 g/mol. The van der Waals surface area contributed by atoms with Gasteiger partial charge < -0.3 is 20.5 Å². The second kappa shape index (κ2) is 9.91. The lowest BCUT2D eigenvalue weighted by Gasteiger charge is -2.19. The number of carbonyl (C=O) groups is 1. The number of hydrogen-bond donors (Lipinski definition) is 2. The lowest BCUT2D eigenvalue weighted by Crippen LogP contribution is -2.42. The van der Waals surface area contributed by atoms with Gasteiger partial charge in [0.1, 0.15) is 0 Å². The molecule has 2 atom stereocenters. The summed E-state index contributed by atoms with van der Waals surface area (Å²) in [5.74, 6) is 1.10.